The summed E-state index contributed by atoms with van der Waals surface area (Å²) in [6, 6.07) is 9.56. The number of aromatic hydroxyl groups is 1. The number of nitrogens with one attached hydrogen (secondary N) is 1. The smallest absolute Gasteiger partial charge is 0.134 e. The van der Waals surface area contributed by atoms with Gasteiger partial charge in [-0.1, -0.05) is 17.7 Å². The van der Waals surface area contributed by atoms with Crippen LogP contribution in [0, 0.1) is 12.7 Å². The van der Waals surface area contributed by atoms with Gasteiger partial charge in [-0.15, -0.1) is 0 Å². The van der Waals surface area contributed by atoms with Crippen LogP contribution in [0.4, 0.5) is 10.1 Å². The fraction of sp³-hybridized carbons (Fsp3) is 0.143. The molecule has 2 N–H and O–H groups in total. The van der Waals surface area contributed by atoms with Gasteiger partial charge in [0.1, 0.15) is 11.6 Å². The lowest BCUT2D eigenvalue weighted by Gasteiger charge is -2.10. The van der Waals surface area contributed by atoms with Crippen molar-refractivity contribution in [2.45, 2.75) is 13.5 Å². The molecule has 0 aliphatic carbocycles. The van der Waals surface area contributed by atoms with Gasteiger partial charge in [0, 0.05) is 12.2 Å². The van der Waals surface area contributed by atoms with E-state index < -0.39 is 0 Å². The first-order valence-electron chi connectivity index (χ1n) is 5.53. The molecule has 0 amide bonds. The maximum Gasteiger partial charge on any atom is 0.134 e. The fourth-order valence-electron chi connectivity index (χ4n) is 1.64. The van der Waals surface area contributed by atoms with Gasteiger partial charge in [-0.25, -0.2) is 4.39 Å². The van der Waals surface area contributed by atoms with Crippen molar-refractivity contribution in [1.29, 1.82) is 0 Å². The van der Waals surface area contributed by atoms with E-state index in [4.69, 9.17) is 11.6 Å². The van der Waals surface area contributed by atoms with Crippen LogP contribution in [0.1, 0.15) is 11.1 Å². The van der Waals surface area contributed by atoms with E-state index in [9.17, 15) is 9.50 Å². The van der Waals surface area contributed by atoms with Gasteiger partial charge in [-0.05, 0) is 48.4 Å². The van der Waals surface area contributed by atoms with Crippen molar-refractivity contribution >= 4 is 17.3 Å². The molecule has 94 valence electrons. The lowest BCUT2D eigenvalue weighted by Crippen LogP contribution is -2.01. The maximum absolute atomic E-state index is 13.1. The Hall–Kier alpha value is -1.74. The van der Waals surface area contributed by atoms with Crippen LogP contribution in [-0.4, -0.2) is 5.11 Å². The third-order valence-electron chi connectivity index (χ3n) is 2.74. The molecule has 2 aromatic carbocycles. The predicted molar refractivity (Wildman–Crippen MR) is 71.6 cm³/mol. The van der Waals surface area contributed by atoms with Crippen LogP contribution in [0.5, 0.6) is 5.75 Å². The molecule has 0 fully saturated rings. The van der Waals surface area contributed by atoms with Crippen molar-refractivity contribution < 1.29 is 9.50 Å². The van der Waals surface area contributed by atoms with Crippen molar-refractivity contribution in [1.82, 2.24) is 0 Å². The van der Waals surface area contributed by atoms with E-state index in [-0.39, 0.29) is 16.6 Å². The van der Waals surface area contributed by atoms with Crippen LogP contribution >= 0.6 is 11.6 Å². The van der Waals surface area contributed by atoms with E-state index in [1.165, 1.54) is 18.2 Å². The first-order valence-corrected chi connectivity index (χ1v) is 5.91. The molecule has 0 aromatic heterocycles. The monoisotopic (exact) mass is 265 g/mol. The fourth-order valence-corrected chi connectivity index (χ4v) is 1.83. The van der Waals surface area contributed by atoms with Crippen molar-refractivity contribution in [3.63, 3.8) is 0 Å². The molecule has 0 radical (unpaired) electrons. The minimum absolute atomic E-state index is 0.0455. The second-order valence-corrected chi connectivity index (χ2v) is 4.50. The number of benzene rings is 2. The molecular formula is C14H13ClFNO. The number of phenols is 1. The predicted octanol–water partition coefficient (Wildman–Crippen LogP) is 4.11. The second-order valence-electron chi connectivity index (χ2n) is 4.09. The lowest BCUT2D eigenvalue weighted by atomic mass is 10.1. The third-order valence-corrected chi connectivity index (χ3v) is 3.04. The molecular weight excluding hydrogens is 253 g/mol. The van der Waals surface area contributed by atoms with Gasteiger partial charge in [-0.3, -0.25) is 0 Å². The molecule has 0 aliphatic rings. The number of hydrogen-bond donors (Lipinski definition) is 2. The van der Waals surface area contributed by atoms with Gasteiger partial charge in [0.15, 0.2) is 0 Å². The summed E-state index contributed by atoms with van der Waals surface area (Å²) in [6.07, 6.45) is 0. The molecule has 2 nitrogen and oxygen atoms in total. The van der Waals surface area contributed by atoms with Crippen molar-refractivity contribution in [2.75, 3.05) is 5.32 Å². The average Bonchev–Trinajstić information content (AvgIpc) is 2.34. The highest BCUT2D eigenvalue weighted by Crippen LogP contribution is 2.26. The molecule has 0 spiro atoms. The van der Waals surface area contributed by atoms with E-state index in [1.807, 2.05) is 6.92 Å². The zero-order chi connectivity index (χ0) is 13.1. The van der Waals surface area contributed by atoms with Crippen LogP contribution in [-0.2, 0) is 6.54 Å². The first kappa shape index (κ1) is 12.7. The number of anilines is 1. The Labute approximate surface area is 110 Å². The molecule has 18 heavy (non-hydrogen) atoms. The molecule has 2 aromatic rings. The highest BCUT2D eigenvalue weighted by Gasteiger charge is 2.02. The topological polar surface area (TPSA) is 32.3 Å². The van der Waals surface area contributed by atoms with Gasteiger partial charge in [0.05, 0.1) is 5.02 Å². The summed E-state index contributed by atoms with van der Waals surface area (Å²) in [5, 5.41) is 12.7. The molecule has 4 heteroatoms. The Morgan fingerprint density at radius 1 is 1.22 bits per heavy atom. The minimum atomic E-state index is -0.249. The molecule has 0 bridgehead atoms. The molecule has 0 unspecified atom stereocenters. The molecule has 0 saturated carbocycles. The second kappa shape index (κ2) is 5.27. The summed E-state index contributed by atoms with van der Waals surface area (Å²) in [5.74, 6) is -0.203. The van der Waals surface area contributed by atoms with E-state index in [1.54, 1.807) is 18.2 Å². The molecule has 0 saturated heterocycles. The van der Waals surface area contributed by atoms with E-state index in [2.05, 4.69) is 5.32 Å². The number of aryl methyl sites for hydroxylation is 1. The lowest BCUT2D eigenvalue weighted by molar-refractivity contribution is 0.475. The Bertz CT molecular complexity index is 572. The van der Waals surface area contributed by atoms with Gasteiger partial charge < -0.3 is 10.4 Å². The maximum atomic E-state index is 13.1. The summed E-state index contributed by atoms with van der Waals surface area (Å²) < 4.78 is 13.1. The van der Waals surface area contributed by atoms with Crippen molar-refractivity contribution in [2.24, 2.45) is 0 Å². The van der Waals surface area contributed by atoms with E-state index in [0.29, 0.717) is 6.54 Å². The molecule has 0 atom stereocenters. The summed E-state index contributed by atoms with van der Waals surface area (Å²) >= 11 is 5.80. The minimum Gasteiger partial charge on any atom is -0.506 e. The first-order chi connectivity index (χ1) is 8.56. The van der Waals surface area contributed by atoms with Crippen LogP contribution in [0.2, 0.25) is 5.02 Å². The largest absolute Gasteiger partial charge is 0.506 e. The van der Waals surface area contributed by atoms with Gasteiger partial charge in [0.25, 0.3) is 0 Å². The molecule has 2 rings (SSSR count). The zero-order valence-electron chi connectivity index (χ0n) is 9.87. The van der Waals surface area contributed by atoms with Crippen LogP contribution in [0.3, 0.4) is 0 Å². The van der Waals surface area contributed by atoms with Crippen LogP contribution in [0.15, 0.2) is 36.4 Å². The number of rotatable bonds is 3. The highest BCUT2D eigenvalue weighted by atomic mass is 35.5. The summed E-state index contributed by atoms with van der Waals surface area (Å²) in [6.45, 7) is 2.44. The molecule has 0 aliphatic heterocycles. The Morgan fingerprint density at radius 2 is 2.00 bits per heavy atom. The van der Waals surface area contributed by atoms with E-state index in [0.717, 1.165) is 16.8 Å². The number of halogens is 2. The molecule has 0 heterocycles. The summed E-state index contributed by atoms with van der Waals surface area (Å²) in [4.78, 5) is 0. The van der Waals surface area contributed by atoms with Gasteiger partial charge in [-0.2, -0.15) is 0 Å². The number of hydrogen-bond acceptors (Lipinski definition) is 2. The third kappa shape index (κ3) is 2.93. The Balaban J connectivity index is 2.11. The van der Waals surface area contributed by atoms with Crippen molar-refractivity contribution in [3.8, 4) is 5.75 Å². The van der Waals surface area contributed by atoms with Crippen molar-refractivity contribution in [3.05, 3.63) is 58.4 Å². The SMILES string of the molecule is Cc1ccc(F)cc1CNc1ccc(O)c(Cl)c1. The standard InChI is InChI=1S/C14H13ClFNO/c1-9-2-3-11(16)6-10(9)8-17-12-4-5-14(18)13(15)7-12/h2-7,17-18H,8H2,1H3. The Morgan fingerprint density at radius 3 is 2.72 bits per heavy atom. The summed E-state index contributed by atoms with van der Waals surface area (Å²) in [5.41, 5.74) is 2.69. The quantitative estimate of drug-likeness (QED) is 0.819. The number of phenolic OH excluding ortho intramolecular Hbond substituents is 1. The highest BCUT2D eigenvalue weighted by molar-refractivity contribution is 6.32. The van der Waals surface area contributed by atoms with Gasteiger partial charge in [0.2, 0.25) is 0 Å². The van der Waals surface area contributed by atoms with Crippen LogP contribution < -0.4 is 5.32 Å². The van der Waals surface area contributed by atoms with Gasteiger partial charge >= 0.3 is 0 Å². The summed E-state index contributed by atoms with van der Waals surface area (Å²) in [7, 11) is 0. The average molecular weight is 266 g/mol. The zero-order valence-corrected chi connectivity index (χ0v) is 10.6. The Kier molecular flexibility index (Phi) is 3.72. The van der Waals surface area contributed by atoms with Crippen LogP contribution in [0.25, 0.3) is 0 Å². The van der Waals surface area contributed by atoms with E-state index >= 15 is 0 Å². The normalized spacial score (nSPS) is 10.4.